The molecule has 1 heterocycles. The first-order chi connectivity index (χ1) is 5.81. The zero-order valence-electron chi connectivity index (χ0n) is 6.70. The summed E-state index contributed by atoms with van der Waals surface area (Å²) in [6.45, 7) is 1.96. The van der Waals surface area contributed by atoms with Gasteiger partial charge in [-0.2, -0.15) is 0 Å². The number of thiophene rings is 1. The lowest BCUT2D eigenvalue weighted by Gasteiger charge is -1.97. The molecule has 0 bridgehead atoms. The summed E-state index contributed by atoms with van der Waals surface area (Å²) in [6.07, 6.45) is 0.909. The SMILES string of the molecule is Cc1cc2sccc2cc1C=O. The normalized spacial score (nSPS) is 10.4. The summed E-state index contributed by atoms with van der Waals surface area (Å²) in [7, 11) is 0. The average Bonchev–Trinajstić information content (AvgIpc) is 2.49. The first-order valence-corrected chi connectivity index (χ1v) is 4.62. The molecule has 0 saturated carbocycles. The zero-order chi connectivity index (χ0) is 8.55. The summed E-state index contributed by atoms with van der Waals surface area (Å²) in [5.41, 5.74) is 1.85. The molecule has 0 spiro atoms. The van der Waals surface area contributed by atoms with Gasteiger partial charge in [0.2, 0.25) is 0 Å². The molecule has 1 aromatic carbocycles. The van der Waals surface area contributed by atoms with Crippen LogP contribution in [0.2, 0.25) is 0 Å². The summed E-state index contributed by atoms with van der Waals surface area (Å²) in [6, 6.07) is 6.03. The van der Waals surface area contributed by atoms with E-state index in [9.17, 15) is 4.79 Å². The molecule has 0 amide bonds. The maximum atomic E-state index is 10.6. The Bertz CT molecular complexity index is 428. The van der Waals surface area contributed by atoms with E-state index in [0.29, 0.717) is 0 Å². The van der Waals surface area contributed by atoms with Gasteiger partial charge in [0.25, 0.3) is 0 Å². The van der Waals surface area contributed by atoms with Crippen LogP contribution in [0.1, 0.15) is 15.9 Å². The first kappa shape index (κ1) is 7.50. The minimum atomic E-state index is 0.793. The van der Waals surface area contributed by atoms with Crippen LogP contribution < -0.4 is 0 Å². The number of benzene rings is 1. The van der Waals surface area contributed by atoms with Crippen LogP contribution in [0.25, 0.3) is 10.1 Å². The molecule has 2 aromatic rings. The standard InChI is InChI=1S/C10H8OS/c1-7-4-10-8(2-3-12-10)5-9(7)6-11/h2-6H,1H3. The minimum absolute atomic E-state index is 0.793. The number of hydrogen-bond donors (Lipinski definition) is 0. The van der Waals surface area contributed by atoms with E-state index in [4.69, 9.17) is 0 Å². The molecule has 0 aliphatic rings. The van der Waals surface area contributed by atoms with Gasteiger partial charge in [-0.1, -0.05) is 0 Å². The lowest BCUT2D eigenvalue weighted by atomic mass is 10.1. The van der Waals surface area contributed by atoms with Crippen molar-refractivity contribution in [2.75, 3.05) is 0 Å². The highest BCUT2D eigenvalue weighted by atomic mass is 32.1. The van der Waals surface area contributed by atoms with Gasteiger partial charge in [-0.15, -0.1) is 11.3 Å². The van der Waals surface area contributed by atoms with Crippen molar-refractivity contribution in [3.8, 4) is 0 Å². The molecule has 0 fully saturated rings. The number of aryl methyl sites for hydroxylation is 1. The Kier molecular flexibility index (Phi) is 1.70. The van der Waals surface area contributed by atoms with Gasteiger partial charge in [-0.05, 0) is 41.5 Å². The smallest absolute Gasteiger partial charge is 0.150 e. The van der Waals surface area contributed by atoms with Crippen LogP contribution >= 0.6 is 11.3 Å². The van der Waals surface area contributed by atoms with E-state index >= 15 is 0 Å². The van der Waals surface area contributed by atoms with Crippen LogP contribution in [0.15, 0.2) is 23.6 Å². The van der Waals surface area contributed by atoms with Gasteiger partial charge in [0, 0.05) is 10.3 Å². The summed E-state index contributed by atoms with van der Waals surface area (Å²) in [4.78, 5) is 10.6. The van der Waals surface area contributed by atoms with E-state index in [-0.39, 0.29) is 0 Å². The number of carbonyl (C=O) groups is 1. The third-order valence-corrected chi connectivity index (χ3v) is 2.85. The number of rotatable bonds is 1. The van der Waals surface area contributed by atoms with Gasteiger partial charge >= 0.3 is 0 Å². The van der Waals surface area contributed by atoms with E-state index in [1.807, 2.05) is 24.4 Å². The van der Waals surface area contributed by atoms with Gasteiger partial charge in [-0.3, -0.25) is 4.79 Å². The van der Waals surface area contributed by atoms with Gasteiger partial charge in [0.15, 0.2) is 0 Å². The Balaban J connectivity index is 2.81. The van der Waals surface area contributed by atoms with Gasteiger partial charge in [-0.25, -0.2) is 0 Å². The molecule has 0 radical (unpaired) electrons. The Morgan fingerprint density at radius 3 is 3.00 bits per heavy atom. The maximum Gasteiger partial charge on any atom is 0.150 e. The Morgan fingerprint density at radius 1 is 1.42 bits per heavy atom. The number of carbonyl (C=O) groups excluding carboxylic acids is 1. The quantitative estimate of drug-likeness (QED) is 0.610. The molecular weight excluding hydrogens is 168 g/mol. The van der Waals surface area contributed by atoms with Crippen molar-refractivity contribution in [3.63, 3.8) is 0 Å². The number of hydrogen-bond acceptors (Lipinski definition) is 2. The van der Waals surface area contributed by atoms with Crippen molar-refractivity contribution in [1.82, 2.24) is 0 Å². The highest BCUT2D eigenvalue weighted by molar-refractivity contribution is 7.17. The molecular formula is C10H8OS. The monoisotopic (exact) mass is 176 g/mol. The molecule has 0 atom stereocenters. The summed E-state index contributed by atoms with van der Waals surface area (Å²) in [5.74, 6) is 0. The molecule has 0 aliphatic heterocycles. The molecule has 0 aliphatic carbocycles. The predicted octanol–water partition coefficient (Wildman–Crippen LogP) is 3.02. The van der Waals surface area contributed by atoms with Gasteiger partial charge in [0.05, 0.1) is 0 Å². The molecule has 2 rings (SSSR count). The van der Waals surface area contributed by atoms with Crippen molar-refractivity contribution in [2.45, 2.75) is 6.92 Å². The van der Waals surface area contributed by atoms with Crippen molar-refractivity contribution < 1.29 is 4.79 Å². The predicted molar refractivity (Wildman–Crippen MR) is 51.9 cm³/mol. The van der Waals surface area contributed by atoms with Crippen LogP contribution in [-0.2, 0) is 0 Å². The summed E-state index contributed by atoms with van der Waals surface area (Å²) < 4.78 is 1.25. The number of aldehydes is 1. The second-order valence-corrected chi connectivity index (χ2v) is 3.73. The molecule has 60 valence electrons. The fourth-order valence-electron chi connectivity index (χ4n) is 1.26. The van der Waals surface area contributed by atoms with E-state index in [1.54, 1.807) is 11.3 Å². The largest absolute Gasteiger partial charge is 0.298 e. The maximum absolute atomic E-state index is 10.6. The van der Waals surface area contributed by atoms with Crippen molar-refractivity contribution in [1.29, 1.82) is 0 Å². The molecule has 2 heteroatoms. The van der Waals surface area contributed by atoms with Gasteiger partial charge in [0.1, 0.15) is 6.29 Å². The molecule has 0 unspecified atom stereocenters. The van der Waals surface area contributed by atoms with Gasteiger partial charge < -0.3 is 0 Å². The van der Waals surface area contributed by atoms with Crippen LogP contribution in [-0.4, -0.2) is 6.29 Å². The molecule has 1 aromatic heterocycles. The Hall–Kier alpha value is -1.15. The Labute approximate surface area is 74.6 Å². The average molecular weight is 176 g/mol. The second kappa shape index (κ2) is 2.72. The minimum Gasteiger partial charge on any atom is -0.298 e. The van der Waals surface area contributed by atoms with Crippen molar-refractivity contribution in [3.05, 3.63) is 34.7 Å². The summed E-state index contributed by atoms with van der Waals surface area (Å²) in [5, 5.41) is 3.20. The van der Waals surface area contributed by atoms with E-state index in [0.717, 1.165) is 22.8 Å². The lowest BCUT2D eigenvalue weighted by Crippen LogP contribution is -1.83. The zero-order valence-corrected chi connectivity index (χ0v) is 7.52. The molecule has 12 heavy (non-hydrogen) atoms. The fourth-order valence-corrected chi connectivity index (χ4v) is 2.12. The second-order valence-electron chi connectivity index (χ2n) is 2.79. The van der Waals surface area contributed by atoms with Crippen molar-refractivity contribution in [2.24, 2.45) is 0 Å². The Morgan fingerprint density at radius 2 is 2.25 bits per heavy atom. The van der Waals surface area contributed by atoms with Crippen LogP contribution in [0.3, 0.4) is 0 Å². The molecule has 1 nitrogen and oxygen atoms in total. The highest BCUT2D eigenvalue weighted by Crippen LogP contribution is 2.23. The number of fused-ring (bicyclic) bond motifs is 1. The lowest BCUT2D eigenvalue weighted by molar-refractivity contribution is 0.112. The van der Waals surface area contributed by atoms with E-state index in [1.165, 1.54) is 4.70 Å². The first-order valence-electron chi connectivity index (χ1n) is 3.74. The third kappa shape index (κ3) is 1.04. The molecule has 0 saturated heterocycles. The molecule has 0 N–H and O–H groups in total. The van der Waals surface area contributed by atoms with E-state index in [2.05, 4.69) is 6.07 Å². The fraction of sp³-hybridized carbons (Fsp3) is 0.100. The van der Waals surface area contributed by atoms with Crippen LogP contribution in [0.5, 0.6) is 0 Å². The van der Waals surface area contributed by atoms with Crippen molar-refractivity contribution >= 4 is 27.7 Å². The highest BCUT2D eigenvalue weighted by Gasteiger charge is 2.00. The van der Waals surface area contributed by atoms with E-state index < -0.39 is 0 Å². The topological polar surface area (TPSA) is 17.1 Å². The third-order valence-electron chi connectivity index (χ3n) is 1.97. The van der Waals surface area contributed by atoms with Crippen LogP contribution in [0, 0.1) is 6.92 Å². The van der Waals surface area contributed by atoms with Crippen LogP contribution in [0.4, 0.5) is 0 Å². The summed E-state index contributed by atoms with van der Waals surface area (Å²) >= 11 is 1.70.